The summed E-state index contributed by atoms with van der Waals surface area (Å²) in [6.45, 7) is 0. The van der Waals surface area contributed by atoms with Crippen molar-refractivity contribution in [1.82, 2.24) is 9.80 Å². The quantitative estimate of drug-likeness (QED) is 0.151. The van der Waals surface area contributed by atoms with Gasteiger partial charge in [-0.1, -0.05) is 0 Å². The second-order valence-corrected chi connectivity index (χ2v) is 14.9. The van der Waals surface area contributed by atoms with Gasteiger partial charge in [0.15, 0.2) is 0 Å². The summed E-state index contributed by atoms with van der Waals surface area (Å²) in [6, 6.07) is 4.05. The standard InChI is InChI=1S/2C12H13I3N2O2.Ca/c2*1-17(2)6-16-12-9(14)5-8(13)7(11(12)15)3-4-10(18)19;/h2*5-6H,3-4H2,1-2H3,(H,18,19);/q;;+2/p-2. The molecule has 0 radical (unpaired) electrons. The third-order valence-electron chi connectivity index (χ3n) is 4.48. The van der Waals surface area contributed by atoms with Crippen molar-refractivity contribution in [3.8, 4) is 0 Å². The van der Waals surface area contributed by atoms with Crippen LogP contribution in [0.2, 0.25) is 0 Å². The minimum atomic E-state index is -1.02. The molecule has 0 spiro atoms. The zero-order valence-corrected chi connectivity index (χ0v) is 36.7. The molecule has 0 amide bonds. The van der Waals surface area contributed by atoms with Crippen molar-refractivity contribution < 1.29 is 19.8 Å². The Morgan fingerprint density at radius 3 is 1.26 bits per heavy atom. The smallest absolute Gasteiger partial charge is 0.550 e. The fourth-order valence-electron chi connectivity index (χ4n) is 2.73. The van der Waals surface area contributed by atoms with Crippen molar-refractivity contribution >= 4 is 209 Å². The first-order valence-electron chi connectivity index (χ1n) is 10.8. The van der Waals surface area contributed by atoms with Crippen LogP contribution in [0.25, 0.3) is 0 Å². The van der Waals surface area contributed by atoms with Gasteiger partial charge in [0.1, 0.15) is 0 Å². The molecular formula is C24H24CaI6N4O4. The zero-order chi connectivity index (χ0) is 29.2. The molecule has 0 bridgehead atoms. The van der Waals surface area contributed by atoms with E-state index in [1.54, 1.807) is 12.7 Å². The molecule has 0 saturated heterocycles. The minimum absolute atomic E-state index is 0. The van der Waals surface area contributed by atoms with Gasteiger partial charge in [-0.3, -0.25) is 0 Å². The molecule has 8 nitrogen and oxygen atoms in total. The predicted octanol–water partition coefficient (Wildman–Crippen LogP) is 4.43. The van der Waals surface area contributed by atoms with Gasteiger partial charge in [0.25, 0.3) is 0 Å². The number of benzene rings is 2. The molecule has 0 aliphatic heterocycles. The molecule has 0 heterocycles. The van der Waals surface area contributed by atoms with Crippen molar-refractivity contribution in [3.05, 3.63) is 44.7 Å². The molecule has 2 aromatic rings. The Bertz CT molecular complexity index is 1130. The summed E-state index contributed by atoms with van der Waals surface area (Å²) in [7, 11) is 7.64. The van der Waals surface area contributed by atoms with E-state index in [-0.39, 0.29) is 50.6 Å². The molecule has 0 N–H and O–H groups in total. The maximum Gasteiger partial charge on any atom is 2.00 e. The number of rotatable bonds is 10. The molecule has 0 saturated carbocycles. The average Bonchev–Trinajstić information content (AvgIpc) is 2.77. The van der Waals surface area contributed by atoms with Gasteiger partial charge in [-0.2, -0.15) is 0 Å². The predicted molar refractivity (Wildman–Crippen MR) is 205 cm³/mol. The van der Waals surface area contributed by atoms with Gasteiger partial charge in [0.05, 0.1) is 24.1 Å². The van der Waals surface area contributed by atoms with Gasteiger partial charge >= 0.3 is 37.7 Å². The monoisotopic (exact) mass is 1230 g/mol. The molecule has 39 heavy (non-hydrogen) atoms. The summed E-state index contributed by atoms with van der Waals surface area (Å²) in [5.74, 6) is -2.05. The summed E-state index contributed by atoms with van der Waals surface area (Å²) < 4.78 is 6.26. The number of carboxylic acid groups (broad SMARTS) is 2. The van der Waals surface area contributed by atoms with Crippen molar-refractivity contribution in [2.24, 2.45) is 9.98 Å². The van der Waals surface area contributed by atoms with Crippen LogP contribution >= 0.6 is 136 Å². The number of carbonyl (C=O) groups excluding carboxylic acids is 2. The molecule has 0 fully saturated rings. The van der Waals surface area contributed by atoms with Crippen LogP contribution in [0.4, 0.5) is 11.4 Å². The molecule has 0 aliphatic rings. The molecule has 0 aromatic heterocycles. The Labute approximate surface area is 341 Å². The zero-order valence-electron chi connectivity index (χ0n) is 21.5. The second kappa shape index (κ2) is 20.8. The maximum atomic E-state index is 10.6. The fourth-order valence-corrected chi connectivity index (χ4v) is 11.1. The van der Waals surface area contributed by atoms with Crippen LogP contribution < -0.4 is 10.2 Å². The molecule has 2 aromatic carbocycles. The summed E-state index contributed by atoms with van der Waals surface area (Å²) >= 11 is 13.4. The number of aliphatic carboxylic acids is 2. The summed E-state index contributed by atoms with van der Waals surface area (Å²) in [5.41, 5.74) is 3.83. The molecule has 208 valence electrons. The van der Waals surface area contributed by atoms with Crippen LogP contribution in [0, 0.1) is 21.4 Å². The van der Waals surface area contributed by atoms with Crippen LogP contribution in [0.3, 0.4) is 0 Å². The Kier molecular flexibility index (Phi) is 21.9. The first kappa shape index (κ1) is 41.0. The van der Waals surface area contributed by atoms with Crippen molar-refractivity contribution in [2.75, 3.05) is 28.2 Å². The molecule has 0 unspecified atom stereocenters. The van der Waals surface area contributed by atoms with E-state index in [0.717, 1.165) is 43.9 Å². The van der Waals surface area contributed by atoms with E-state index in [0.29, 0.717) is 12.8 Å². The Balaban J connectivity index is 0.000000722. The van der Waals surface area contributed by atoms with Gasteiger partial charge in [-0.15, -0.1) is 0 Å². The van der Waals surface area contributed by atoms with E-state index >= 15 is 0 Å². The number of hydrogen-bond acceptors (Lipinski definition) is 6. The minimum Gasteiger partial charge on any atom is -0.550 e. The summed E-state index contributed by atoms with van der Waals surface area (Å²) in [5, 5.41) is 21.2. The third-order valence-corrected chi connectivity index (χ3v) is 10.4. The van der Waals surface area contributed by atoms with Crippen molar-refractivity contribution in [1.29, 1.82) is 0 Å². The van der Waals surface area contributed by atoms with Gasteiger partial charge in [0.2, 0.25) is 0 Å². The van der Waals surface area contributed by atoms with Gasteiger partial charge < -0.3 is 29.6 Å². The van der Waals surface area contributed by atoms with Crippen LogP contribution in [-0.4, -0.2) is 100 Å². The third kappa shape index (κ3) is 15.0. The first-order chi connectivity index (χ1) is 17.6. The van der Waals surface area contributed by atoms with E-state index in [1.165, 1.54) is 0 Å². The molecule has 15 heteroatoms. The molecular weight excluding hydrogens is 1210 g/mol. The van der Waals surface area contributed by atoms with Gasteiger partial charge in [-0.25, -0.2) is 9.98 Å². The van der Waals surface area contributed by atoms with E-state index in [1.807, 2.05) is 50.1 Å². The first-order valence-corrected chi connectivity index (χ1v) is 17.3. The Hall–Kier alpha value is 1.96. The second-order valence-electron chi connectivity index (χ2n) is 8.12. The van der Waals surface area contributed by atoms with Crippen molar-refractivity contribution in [2.45, 2.75) is 25.7 Å². The maximum absolute atomic E-state index is 10.6. The normalized spacial score (nSPS) is 10.7. The average molecular weight is 1230 g/mol. The van der Waals surface area contributed by atoms with Crippen LogP contribution in [0.15, 0.2) is 22.1 Å². The molecule has 2 rings (SSSR count). The summed E-state index contributed by atoms with van der Waals surface area (Å²) in [6.07, 6.45) is 4.50. The van der Waals surface area contributed by atoms with Crippen LogP contribution in [0.5, 0.6) is 0 Å². The number of nitrogens with zero attached hydrogens (tertiary/aromatic N) is 4. The van der Waals surface area contributed by atoms with E-state index in [2.05, 4.69) is 146 Å². The van der Waals surface area contributed by atoms with Crippen LogP contribution in [-0.2, 0) is 22.4 Å². The number of carboxylic acids is 2. The van der Waals surface area contributed by atoms with E-state index in [4.69, 9.17) is 0 Å². The molecule has 0 atom stereocenters. The fraction of sp³-hybridized carbons (Fsp3) is 0.333. The Morgan fingerprint density at radius 1 is 0.692 bits per heavy atom. The van der Waals surface area contributed by atoms with Crippen molar-refractivity contribution in [3.63, 3.8) is 0 Å². The molecule has 0 aliphatic carbocycles. The summed E-state index contributed by atoms with van der Waals surface area (Å²) in [4.78, 5) is 33.9. The van der Waals surface area contributed by atoms with Crippen LogP contribution in [0.1, 0.15) is 24.0 Å². The Morgan fingerprint density at radius 2 is 1.00 bits per heavy atom. The van der Waals surface area contributed by atoms with Gasteiger partial charge in [0, 0.05) is 61.6 Å². The number of carbonyl (C=O) groups is 2. The number of hydrogen-bond donors (Lipinski definition) is 0. The largest absolute Gasteiger partial charge is 2.00 e. The topological polar surface area (TPSA) is 111 Å². The van der Waals surface area contributed by atoms with Gasteiger partial charge in [-0.05, 0) is 184 Å². The van der Waals surface area contributed by atoms with E-state index < -0.39 is 11.9 Å². The van der Waals surface area contributed by atoms with E-state index in [9.17, 15) is 19.8 Å². The SMILES string of the molecule is CN(C)C=Nc1c(I)cc(I)c(CCC(=O)[O-])c1I.CN(C)C=Nc1c(I)cc(I)c(CCC(=O)[O-])c1I.[Ca+2]. The number of aliphatic imine (C=N–C) groups is 2. The number of halogens is 6.